The Morgan fingerprint density at radius 3 is 2.32 bits per heavy atom. The van der Waals surface area contributed by atoms with Gasteiger partial charge < -0.3 is 15.4 Å². The molecule has 1 aromatic carbocycles. The zero-order chi connectivity index (χ0) is 20.3. The number of hydrogen-bond donors (Lipinski definition) is 2. The third-order valence-corrected chi connectivity index (χ3v) is 5.57. The van der Waals surface area contributed by atoms with Crippen LogP contribution in [-0.4, -0.2) is 47.2 Å². The molecule has 2 fully saturated rings. The molecule has 2 heterocycles. The van der Waals surface area contributed by atoms with Crippen molar-refractivity contribution >= 4 is 23.6 Å². The summed E-state index contributed by atoms with van der Waals surface area (Å²) in [5.74, 6) is -0.165. The minimum atomic E-state index is -0.573. The van der Waals surface area contributed by atoms with Gasteiger partial charge in [0.15, 0.2) is 0 Å². The summed E-state index contributed by atoms with van der Waals surface area (Å²) >= 11 is 5.98. The summed E-state index contributed by atoms with van der Waals surface area (Å²) in [6.45, 7) is 6.24. The highest BCUT2D eigenvalue weighted by atomic mass is 35.5. The van der Waals surface area contributed by atoms with Gasteiger partial charge in [0.2, 0.25) is 5.91 Å². The number of nitrogens with one attached hydrogen (secondary N) is 2. The molecule has 2 N–H and O–H groups in total. The first-order chi connectivity index (χ1) is 13.2. The molecule has 7 heteroatoms. The summed E-state index contributed by atoms with van der Waals surface area (Å²) in [5, 5.41) is 6.35. The van der Waals surface area contributed by atoms with E-state index < -0.39 is 11.7 Å². The number of ether oxygens (including phenoxy) is 1. The highest BCUT2D eigenvalue weighted by Crippen LogP contribution is 2.36. The van der Waals surface area contributed by atoms with Crippen molar-refractivity contribution in [2.24, 2.45) is 0 Å². The van der Waals surface area contributed by atoms with Gasteiger partial charge in [-0.15, -0.1) is 0 Å². The Balaban J connectivity index is 1.45. The van der Waals surface area contributed by atoms with E-state index in [1.807, 2.05) is 12.1 Å². The number of nitrogens with zero attached hydrogens (tertiary/aromatic N) is 1. The lowest BCUT2D eigenvalue weighted by atomic mass is 9.96. The third kappa shape index (κ3) is 5.85. The number of fused-ring (bicyclic) bond motifs is 2. The predicted octanol–water partition coefficient (Wildman–Crippen LogP) is 3.48. The number of benzene rings is 1. The fraction of sp³-hybridized carbons (Fsp3) is 0.619. The van der Waals surface area contributed by atoms with Gasteiger partial charge in [0.05, 0.1) is 0 Å². The summed E-state index contributed by atoms with van der Waals surface area (Å²) in [4.78, 5) is 26.5. The van der Waals surface area contributed by atoms with Crippen molar-refractivity contribution in [1.29, 1.82) is 0 Å². The third-order valence-electron chi connectivity index (χ3n) is 5.32. The van der Waals surface area contributed by atoms with Crippen LogP contribution in [0, 0.1) is 0 Å². The van der Waals surface area contributed by atoms with Gasteiger partial charge in [-0.05, 0) is 64.2 Å². The lowest BCUT2D eigenvalue weighted by molar-refractivity contribution is -0.121. The lowest BCUT2D eigenvalue weighted by Gasteiger charge is -2.39. The maximum atomic E-state index is 12.2. The van der Waals surface area contributed by atoms with Crippen LogP contribution >= 0.6 is 11.6 Å². The van der Waals surface area contributed by atoms with Gasteiger partial charge in [-0.3, -0.25) is 9.69 Å². The molecule has 3 rings (SSSR count). The number of alkyl carbamates (subject to hydrolysis) is 1. The van der Waals surface area contributed by atoms with Crippen LogP contribution in [0.5, 0.6) is 0 Å². The summed E-state index contributed by atoms with van der Waals surface area (Å²) in [5.41, 5.74) is 0.696. The van der Waals surface area contributed by atoms with E-state index in [4.69, 9.17) is 16.3 Å². The van der Waals surface area contributed by atoms with Gasteiger partial charge in [0.1, 0.15) is 12.1 Å². The van der Waals surface area contributed by atoms with E-state index in [2.05, 4.69) is 27.7 Å². The SMILES string of the molecule is CC(C)(C)OC(=O)NCC(=O)N[C@H]1C[C@H]2CC[C@@H](C1)N2Cc1ccc(Cl)cc1. The standard InChI is InChI=1S/C21H30ClN3O3/c1-21(2,3)28-20(27)23-12-19(26)24-16-10-17-8-9-18(11-16)25(17)13-14-4-6-15(22)7-5-14/h4-7,16-18H,8-13H2,1-3H3,(H,23,27)(H,24,26)/t16-,17+,18-. The molecule has 0 aromatic heterocycles. The molecule has 2 saturated heterocycles. The van der Waals surface area contributed by atoms with Crippen molar-refractivity contribution in [3.05, 3.63) is 34.9 Å². The van der Waals surface area contributed by atoms with Crippen LogP contribution in [0.3, 0.4) is 0 Å². The summed E-state index contributed by atoms with van der Waals surface area (Å²) in [7, 11) is 0. The predicted molar refractivity (Wildman–Crippen MR) is 109 cm³/mol. The highest BCUT2D eigenvalue weighted by molar-refractivity contribution is 6.30. The van der Waals surface area contributed by atoms with Crippen molar-refractivity contribution in [3.63, 3.8) is 0 Å². The average Bonchev–Trinajstić information content (AvgIpc) is 2.83. The van der Waals surface area contributed by atoms with Crippen molar-refractivity contribution in [1.82, 2.24) is 15.5 Å². The molecule has 6 nitrogen and oxygen atoms in total. The van der Waals surface area contributed by atoms with Crippen LogP contribution < -0.4 is 10.6 Å². The first-order valence-electron chi connectivity index (χ1n) is 9.96. The van der Waals surface area contributed by atoms with E-state index in [0.717, 1.165) is 24.4 Å². The molecule has 3 atom stereocenters. The number of piperidine rings is 1. The molecule has 1 aromatic rings. The molecule has 0 aliphatic carbocycles. The van der Waals surface area contributed by atoms with Crippen LogP contribution in [0.15, 0.2) is 24.3 Å². The van der Waals surface area contributed by atoms with Gasteiger partial charge in [0, 0.05) is 29.7 Å². The fourth-order valence-corrected chi connectivity index (χ4v) is 4.32. The number of carbonyl (C=O) groups excluding carboxylic acids is 2. The van der Waals surface area contributed by atoms with Crippen LogP contribution in [0.1, 0.15) is 52.0 Å². The Morgan fingerprint density at radius 2 is 1.75 bits per heavy atom. The molecule has 2 aliphatic rings. The average molecular weight is 408 g/mol. The number of carbonyl (C=O) groups is 2. The van der Waals surface area contributed by atoms with E-state index in [1.165, 1.54) is 18.4 Å². The Labute approximate surface area is 171 Å². The van der Waals surface area contributed by atoms with Crippen LogP contribution in [0.4, 0.5) is 4.79 Å². The first kappa shape index (κ1) is 20.9. The van der Waals surface area contributed by atoms with Crippen LogP contribution in [0.25, 0.3) is 0 Å². The Bertz CT molecular complexity index is 688. The van der Waals surface area contributed by atoms with Crippen molar-refractivity contribution < 1.29 is 14.3 Å². The number of amides is 2. The molecule has 0 radical (unpaired) electrons. The zero-order valence-corrected chi connectivity index (χ0v) is 17.6. The van der Waals surface area contributed by atoms with E-state index in [-0.39, 0.29) is 18.5 Å². The lowest BCUT2D eigenvalue weighted by Crippen LogP contribution is -2.51. The zero-order valence-electron chi connectivity index (χ0n) is 16.8. The minimum Gasteiger partial charge on any atom is -0.444 e. The Morgan fingerprint density at radius 1 is 1.14 bits per heavy atom. The van der Waals surface area contributed by atoms with Crippen molar-refractivity contribution in [3.8, 4) is 0 Å². The maximum Gasteiger partial charge on any atom is 0.408 e. The number of hydrogen-bond acceptors (Lipinski definition) is 4. The van der Waals surface area contributed by atoms with E-state index >= 15 is 0 Å². The molecule has 0 spiro atoms. The number of halogens is 1. The van der Waals surface area contributed by atoms with Gasteiger partial charge in [0.25, 0.3) is 0 Å². The van der Waals surface area contributed by atoms with E-state index in [0.29, 0.717) is 12.1 Å². The smallest absolute Gasteiger partial charge is 0.408 e. The Kier molecular flexibility index (Phi) is 6.50. The summed E-state index contributed by atoms with van der Waals surface area (Å²) < 4.78 is 5.16. The second kappa shape index (κ2) is 8.70. The molecule has 2 amide bonds. The molecule has 0 saturated carbocycles. The van der Waals surface area contributed by atoms with E-state index in [9.17, 15) is 9.59 Å². The maximum absolute atomic E-state index is 12.2. The highest BCUT2D eigenvalue weighted by Gasteiger charge is 2.40. The van der Waals surface area contributed by atoms with Crippen LogP contribution in [-0.2, 0) is 16.1 Å². The molecular weight excluding hydrogens is 378 g/mol. The molecule has 154 valence electrons. The first-order valence-corrected chi connectivity index (χ1v) is 10.3. The molecule has 0 unspecified atom stereocenters. The van der Waals surface area contributed by atoms with Crippen LogP contribution in [0.2, 0.25) is 5.02 Å². The summed E-state index contributed by atoms with van der Waals surface area (Å²) in [6, 6.07) is 9.16. The Hall–Kier alpha value is -1.79. The van der Waals surface area contributed by atoms with Gasteiger partial charge in [-0.1, -0.05) is 23.7 Å². The molecule has 2 aliphatic heterocycles. The largest absolute Gasteiger partial charge is 0.444 e. The number of rotatable bonds is 5. The van der Waals surface area contributed by atoms with Gasteiger partial charge >= 0.3 is 6.09 Å². The quantitative estimate of drug-likeness (QED) is 0.783. The second-order valence-corrected chi connectivity index (χ2v) is 9.21. The van der Waals surface area contributed by atoms with Crippen molar-refractivity contribution in [2.45, 2.75) is 76.7 Å². The monoisotopic (exact) mass is 407 g/mol. The minimum absolute atomic E-state index is 0.0603. The fourth-order valence-electron chi connectivity index (χ4n) is 4.20. The molecule has 28 heavy (non-hydrogen) atoms. The van der Waals surface area contributed by atoms with E-state index in [1.54, 1.807) is 20.8 Å². The normalized spacial score (nSPS) is 24.6. The second-order valence-electron chi connectivity index (χ2n) is 8.78. The molecule has 2 bridgehead atoms. The van der Waals surface area contributed by atoms with Crippen molar-refractivity contribution in [2.75, 3.05) is 6.54 Å². The molecular formula is C21H30ClN3O3. The van der Waals surface area contributed by atoms with Gasteiger partial charge in [-0.25, -0.2) is 4.79 Å². The summed E-state index contributed by atoms with van der Waals surface area (Å²) in [6.07, 6.45) is 3.66. The van der Waals surface area contributed by atoms with Gasteiger partial charge in [-0.2, -0.15) is 0 Å². The topological polar surface area (TPSA) is 70.7 Å².